The molecule has 1 fully saturated rings. The van der Waals surface area contributed by atoms with Crippen molar-refractivity contribution in [3.05, 3.63) is 88.1 Å². The fourth-order valence-corrected chi connectivity index (χ4v) is 3.81. The molecule has 3 aromatic rings. The van der Waals surface area contributed by atoms with Crippen LogP contribution < -0.4 is 16.2 Å². The molecule has 0 aliphatic heterocycles. The topological polar surface area (TPSA) is 100 Å². The van der Waals surface area contributed by atoms with Crippen molar-refractivity contribution in [1.82, 2.24) is 4.57 Å². The third kappa shape index (κ3) is 4.42. The Hall–Kier alpha value is -3.49. The van der Waals surface area contributed by atoms with E-state index < -0.39 is 35.4 Å². The number of amides is 2. The minimum Gasteiger partial charge on any atom is -0.396 e. The van der Waals surface area contributed by atoms with E-state index in [1.165, 1.54) is 29.0 Å². The van der Waals surface area contributed by atoms with Crippen LogP contribution in [0.4, 0.5) is 15.8 Å². The first kappa shape index (κ1) is 21.7. The van der Waals surface area contributed by atoms with Gasteiger partial charge in [-0.2, -0.15) is 0 Å². The van der Waals surface area contributed by atoms with E-state index in [-0.39, 0.29) is 17.9 Å². The van der Waals surface area contributed by atoms with Gasteiger partial charge in [0.05, 0.1) is 23.2 Å². The van der Waals surface area contributed by atoms with Crippen molar-refractivity contribution in [2.45, 2.75) is 0 Å². The number of anilines is 2. The zero-order valence-corrected chi connectivity index (χ0v) is 17.4. The first-order chi connectivity index (χ1) is 15.4. The summed E-state index contributed by atoms with van der Waals surface area (Å²) in [6.07, 6.45) is 1.51. The van der Waals surface area contributed by atoms with Gasteiger partial charge in [-0.15, -0.1) is 0 Å². The zero-order valence-electron chi connectivity index (χ0n) is 16.7. The van der Waals surface area contributed by atoms with Crippen LogP contribution in [0.5, 0.6) is 0 Å². The lowest BCUT2D eigenvalue weighted by Gasteiger charge is -2.10. The quantitative estimate of drug-likeness (QED) is 0.531. The molecule has 1 saturated carbocycles. The molecule has 1 aliphatic carbocycles. The maximum atomic E-state index is 14.6. The van der Waals surface area contributed by atoms with Crippen molar-refractivity contribution in [3.63, 3.8) is 0 Å². The summed E-state index contributed by atoms with van der Waals surface area (Å²) in [5, 5.41) is 15.3. The smallest absolute Gasteiger partial charge is 0.255 e. The van der Waals surface area contributed by atoms with Crippen LogP contribution >= 0.6 is 11.6 Å². The van der Waals surface area contributed by atoms with Gasteiger partial charge in [-0.05, 0) is 42.5 Å². The Morgan fingerprint density at radius 1 is 1.00 bits per heavy atom. The number of carbonyl (C=O) groups excluding carboxylic acids is 2. The van der Waals surface area contributed by atoms with Crippen molar-refractivity contribution in [3.8, 4) is 5.69 Å². The van der Waals surface area contributed by atoms with E-state index in [1.807, 2.05) is 0 Å². The van der Waals surface area contributed by atoms with E-state index in [1.54, 1.807) is 36.4 Å². The summed E-state index contributed by atoms with van der Waals surface area (Å²) in [5.74, 6) is -3.79. The maximum absolute atomic E-state index is 14.6. The number of hydrogen-bond donors (Lipinski definition) is 3. The van der Waals surface area contributed by atoms with Crippen LogP contribution in [-0.2, 0) is 9.59 Å². The fraction of sp³-hybridized carbons (Fsp3) is 0.174. The van der Waals surface area contributed by atoms with E-state index in [9.17, 15) is 23.9 Å². The molecule has 3 N–H and O–H groups in total. The molecule has 4 rings (SSSR count). The molecule has 1 aliphatic rings. The molecular weight excluding hydrogens is 437 g/mol. The lowest BCUT2D eigenvalue weighted by molar-refractivity contribution is -0.122. The standard InChI is InChI=1S/C23H19ClFN3O4/c24-13-4-6-14(7-5-13)26-22(31)20-16(12-29)21(20)23(32)27-18-9-8-15(11-17(18)25)28-10-2-1-3-19(28)30/h1-11,16,20-21,29H,12H2,(H,26,31)(H,27,32)/t16-,20-,21+/m0/s1. The molecule has 164 valence electrons. The number of aliphatic hydroxyl groups excluding tert-OH is 1. The monoisotopic (exact) mass is 455 g/mol. The Balaban J connectivity index is 1.45. The highest BCUT2D eigenvalue weighted by Gasteiger charge is 2.58. The van der Waals surface area contributed by atoms with Crippen LogP contribution in [0.15, 0.2) is 71.7 Å². The van der Waals surface area contributed by atoms with Gasteiger partial charge in [0.1, 0.15) is 5.82 Å². The van der Waals surface area contributed by atoms with E-state index in [4.69, 9.17) is 11.6 Å². The summed E-state index contributed by atoms with van der Waals surface area (Å²) in [5.41, 5.74) is 0.427. The normalized spacial score (nSPS) is 19.3. The van der Waals surface area contributed by atoms with Gasteiger partial charge in [-0.25, -0.2) is 4.39 Å². The summed E-state index contributed by atoms with van der Waals surface area (Å²) >= 11 is 5.83. The van der Waals surface area contributed by atoms with Gasteiger partial charge in [0, 0.05) is 41.6 Å². The summed E-state index contributed by atoms with van der Waals surface area (Å²) in [4.78, 5) is 37.1. The van der Waals surface area contributed by atoms with Crippen LogP contribution in [0, 0.1) is 23.6 Å². The predicted molar refractivity (Wildman–Crippen MR) is 118 cm³/mol. The molecule has 32 heavy (non-hydrogen) atoms. The first-order valence-electron chi connectivity index (χ1n) is 9.85. The average Bonchev–Trinajstić information content (AvgIpc) is 3.52. The van der Waals surface area contributed by atoms with Crippen LogP contribution in [0.2, 0.25) is 5.02 Å². The highest BCUT2D eigenvalue weighted by atomic mass is 35.5. The number of benzene rings is 2. The van der Waals surface area contributed by atoms with Crippen molar-refractivity contribution in [1.29, 1.82) is 0 Å². The third-order valence-corrected chi connectivity index (χ3v) is 5.66. The number of nitrogens with one attached hydrogen (secondary N) is 2. The molecule has 0 bridgehead atoms. The second kappa shape index (κ2) is 8.94. The van der Waals surface area contributed by atoms with Crippen molar-refractivity contribution in [2.24, 2.45) is 17.8 Å². The van der Waals surface area contributed by atoms with E-state index in [0.29, 0.717) is 16.4 Å². The van der Waals surface area contributed by atoms with Gasteiger partial charge in [0.25, 0.3) is 5.56 Å². The molecule has 0 spiro atoms. The Bertz CT molecular complexity index is 1230. The number of carbonyl (C=O) groups is 2. The summed E-state index contributed by atoms with van der Waals surface area (Å²) in [6.45, 7) is -0.352. The number of halogens is 2. The molecule has 2 amide bonds. The highest BCUT2D eigenvalue weighted by Crippen LogP contribution is 2.47. The molecule has 0 unspecified atom stereocenters. The second-order valence-electron chi connectivity index (χ2n) is 7.46. The number of hydrogen-bond acceptors (Lipinski definition) is 4. The third-order valence-electron chi connectivity index (χ3n) is 5.41. The van der Waals surface area contributed by atoms with E-state index in [0.717, 1.165) is 6.07 Å². The Labute approximate surface area is 187 Å². The highest BCUT2D eigenvalue weighted by molar-refractivity contribution is 6.30. The van der Waals surface area contributed by atoms with Gasteiger partial charge in [-0.3, -0.25) is 19.0 Å². The van der Waals surface area contributed by atoms with E-state index in [2.05, 4.69) is 10.6 Å². The van der Waals surface area contributed by atoms with Crippen molar-refractivity contribution < 1.29 is 19.1 Å². The minimum absolute atomic E-state index is 0.0804. The van der Waals surface area contributed by atoms with Crippen LogP contribution in [-0.4, -0.2) is 28.1 Å². The summed E-state index contributed by atoms with van der Waals surface area (Å²) in [7, 11) is 0. The lowest BCUT2D eigenvalue weighted by Crippen LogP contribution is -2.21. The molecule has 3 atom stereocenters. The zero-order chi connectivity index (χ0) is 22.8. The molecule has 1 heterocycles. The Morgan fingerprint density at radius 2 is 1.69 bits per heavy atom. The van der Waals surface area contributed by atoms with Crippen LogP contribution in [0.3, 0.4) is 0 Å². The average molecular weight is 456 g/mol. The van der Waals surface area contributed by atoms with Crippen molar-refractivity contribution in [2.75, 3.05) is 17.2 Å². The van der Waals surface area contributed by atoms with E-state index >= 15 is 0 Å². The Morgan fingerprint density at radius 3 is 2.31 bits per heavy atom. The van der Waals surface area contributed by atoms with Gasteiger partial charge < -0.3 is 15.7 Å². The maximum Gasteiger partial charge on any atom is 0.255 e. The molecule has 0 radical (unpaired) electrons. The minimum atomic E-state index is -0.789. The molecule has 7 nitrogen and oxygen atoms in total. The lowest BCUT2D eigenvalue weighted by atomic mass is 10.2. The summed E-state index contributed by atoms with van der Waals surface area (Å²) < 4.78 is 15.9. The Kier molecular flexibility index (Phi) is 6.07. The number of rotatable bonds is 6. The first-order valence-corrected chi connectivity index (χ1v) is 10.2. The summed E-state index contributed by atoms with van der Waals surface area (Å²) in [6, 6.07) is 15.1. The van der Waals surface area contributed by atoms with Gasteiger partial charge in [-0.1, -0.05) is 17.7 Å². The largest absolute Gasteiger partial charge is 0.396 e. The van der Waals surface area contributed by atoms with Crippen LogP contribution in [0.1, 0.15) is 0 Å². The molecule has 1 aromatic heterocycles. The predicted octanol–water partition coefficient (Wildman–Crippen LogP) is 3.06. The number of aliphatic hydroxyl groups is 1. The number of pyridine rings is 1. The number of aromatic nitrogens is 1. The molecular formula is C23H19ClFN3O4. The van der Waals surface area contributed by atoms with Gasteiger partial charge in [0.15, 0.2) is 0 Å². The second-order valence-corrected chi connectivity index (χ2v) is 7.89. The molecule has 9 heteroatoms. The number of nitrogens with zero attached hydrogens (tertiary/aromatic N) is 1. The SMILES string of the molecule is O=C(Nc1ccc(-n2ccccc2=O)cc1F)[C@@H]1[C@@H](CO)[C@@H]1C(=O)Nc1ccc(Cl)cc1. The molecule has 2 aromatic carbocycles. The fourth-order valence-electron chi connectivity index (χ4n) is 3.69. The van der Waals surface area contributed by atoms with Crippen molar-refractivity contribution >= 4 is 34.8 Å². The molecule has 0 saturated heterocycles. The van der Waals surface area contributed by atoms with Gasteiger partial charge in [0.2, 0.25) is 11.8 Å². The van der Waals surface area contributed by atoms with Crippen LogP contribution in [0.25, 0.3) is 5.69 Å². The van der Waals surface area contributed by atoms with Gasteiger partial charge >= 0.3 is 0 Å².